The van der Waals surface area contributed by atoms with Gasteiger partial charge in [-0.15, -0.1) is 0 Å². The number of carbonyl (C=O) groups is 1. The van der Waals surface area contributed by atoms with Crippen LogP contribution in [-0.2, 0) is 14.8 Å². The summed E-state index contributed by atoms with van der Waals surface area (Å²) >= 11 is 0. The van der Waals surface area contributed by atoms with E-state index in [-0.39, 0.29) is 22.5 Å². The molecule has 132 valence electrons. The molecule has 0 radical (unpaired) electrons. The van der Waals surface area contributed by atoms with Crippen LogP contribution in [0, 0.1) is 11.8 Å². The predicted molar refractivity (Wildman–Crippen MR) is 91.5 cm³/mol. The first kappa shape index (κ1) is 17.6. The monoisotopic (exact) mass is 351 g/mol. The van der Waals surface area contributed by atoms with Crippen LogP contribution in [0.5, 0.6) is 0 Å². The Bertz CT molecular complexity index is 679. The van der Waals surface area contributed by atoms with Gasteiger partial charge in [-0.1, -0.05) is 12.1 Å². The minimum Gasteiger partial charge on any atom is -0.381 e. The Morgan fingerprint density at radius 2 is 1.92 bits per heavy atom. The molecule has 1 atom stereocenters. The van der Waals surface area contributed by atoms with Gasteiger partial charge in [0.05, 0.1) is 11.5 Å². The van der Waals surface area contributed by atoms with E-state index in [4.69, 9.17) is 4.74 Å². The summed E-state index contributed by atoms with van der Waals surface area (Å²) in [7, 11) is -3.50. The predicted octanol–water partition coefficient (Wildman–Crippen LogP) is 2.72. The van der Waals surface area contributed by atoms with Crippen molar-refractivity contribution >= 4 is 15.8 Å². The molecule has 0 spiro atoms. The van der Waals surface area contributed by atoms with Crippen LogP contribution >= 0.6 is 0 Å². The smallest absolute Gasteiger partial charge is 0.243 e. The molecule has 6 heteroatoms. The van der Waals surface area contributed by atoms with Crippen LogP contribution in [0.2, 0.25) is 0 Å². The number of hydrogen-bond donors (Lipinski definition) is 0. The molecule has 1 aliphatic heterocycles. The molecule has 1 unspecified atom stereocenters. The van der Waals surface area contributed by atoms with Crippen LogP contribution in [0.25, 0.3) is 0 Å². The van der Waals surface area contributed by atoms with Crippen molar-refractivity contribution in [1.29, 1.82) is 0 Å². The zero-order chi connectivity index (χ0) is 17.2. The van der Waals surface area contributed by atoms with E-state index in [0.717, 1.165) is 25.7 Å². The normalized spacial score (nSPS) is 22.5. The molecule has 0 aromatic heterocycles. The van der Waals surface area contributed by atoms with Gasteiger partial charge in [0, 0.05) is 31.2 Å². The number of Topliss-reactive ketones (excluding diaryl/α,β-unsaturated/α-hetero) is 1. The maximum Gasteiger partial charge on any atom is 0.243 e. The highest BCUT2D eigenvalue weighted by Gasteiger charge is 2.32. The van der Waals surface area contributed by atoms with Crippen LogP contribution in [0.3, 0.4) is 0 Å². The number of ether oxygens (including phenoxy) is 1. The van der Waals surface area contributed by atoms with Crippen molar-refractivity contribution in [1.82, 2.24) is 4.31 Å². The third-order valence-electron chi connectivity index (χ3n) is 4.76. The Morgan fingerprint density at radius 3 is 2.54 bits per heavy atom. The fourth-order valence-electron chi connectivity index (χ4n) is 3.19. The van der Waals surface area contributed by atoms with Gasteiger partial charge in [-0.25, -0.2) is 8.42 Å². The lowest BCUT2D eigenvalue weighted by atomic mass is 10.0. The summed E-state index contributed by atoms with van der Waals surface area (Å²) in [5.74, 6) is 0.534. The summed E-state index contributed by atoms with van der Waals surface area (Å²) in [6, 6.07) is 6.43. The van der Waals surface area contributed by atoms with Gasteiger partial charge < -0.3 is 4.74 Å². The zero-order valence-corrected chi connectivity index (χ0v) is 14.9. The lowest BCUT2D eigenvalue weighted by Crippen LogP contribution is -2.41. The molecule has 24 heavy (non-hydrogen) atoms. The molecule has 0 bridgehead atoms. The summed E-state index contributed by atoms with van der Waals surface area (Å²) in [4.78, 5) is 12.3. The Hall–Kier alpha value is -1.24. The Labute approximate surface area is 144 Å². The maximum atomic E-state index is 12.8. The number of carbonyl (C=O) groups excluding carboxylic acids is 1. The van der Waals surface area contributed by atoms with Crippen molar-refractivity contribution in [2.45, 2.75) is 37.5 Å². The molecule has 1 saturated carbocycles. The topological polar surface area (TPSA) is 63.7 Å². The van der Waals surface area contributed by atoms with Gasteiger partial charge >= 0.3 is 0 Å². The van der Waals surface area contributed by atoms with Crippen molar-refractivity contribution < 1.29 is 17.9 Å². The second-order valence-corrected chi connectivity index (χ2v) is 8.63. The van der Waals surface area contributed by atoms with E-state index in [1.165, 1.54) is 0 Å². The van der Waals surface area contributed by atoms with E-state index in [1.54, 1.807) is 28.6 Å². The number of ketones is 1. The Balaban J connectivity index is 1.71. The van der Waals surface area contributed by atoms with Gasteiger partial charge in [0.15, 0.2) is 5.78 Å². The summed E-state index contributed by atoms with van der Waals surface area (Å²) in [5.41, 5.74) is 0.615. The molecule has 1 aromatic rings. The summed E-state index contributed by atoms with van der Waals surface area (Å²) in [6.45, 7) is 4.26. The molecule has 2 fully saturated rings. The van der Waals surface area contributed by atoms with Crippen LogP contribution in [0.4, 0.5) is 0 Å². The van der Waals surface area contributed by atoms with Gasteiger partial charge in [-0.2, -0.15) is 4.31 Å². The van der Waals surface area contributed by atoms with Crippen LogP contribution < -0.4 is 0 Å². The van der Waals surface area contributed by atoms with E-state index < -0.39 is 10.0 Å². The third kappa shape index (κ3) is 3.87. The van der Waals surface area contributed by atoms with Crippen molar-refractivity contribution in [2.24, 2.45) is 11.8 Å². The van der Waals surface area contributed by atoms with Crippen LogP contribution in [-0.4, -0.2) is 44.8 Å². The Morgan fingerprint density at radius 1 is 1.21 bits per heavy atom. The van der Waals surface area contributed by atoms with Crippen LogP contribution in [0.15, 0.2) is 29.2 Å². The fraction of sp³-hybridized carbons (Fsp3) is 0.611. The molecule has 5 nitrogen and oxygen atoms in total. The molecule has 1 aromatic carbocycles. The summed E-state index contributed by atoms with van der Waals surface area (Å²) in [6.07, 6.45) is 3.76. The number of benzene rings is 1. The molecule has 0 amide bonds. The van der Waals surface area contributed by atoms with Gasteiger partial charge in [0.25, 0.3) is 0 Å². The molecule has 2 aliphatic rings. The number of hydrogen-bond acceptors (Lipinski definition) is 4. The van der Waals surface area contributed by atoms with Gasteiger partial charge in [0.1, 0.15) is 0 Å². The number of nitrogens with zero attached hydrogens (tertiary/aromatic N) is 1. The fourth-order valence-corrected chi connectivity index (χ4v) is 4.74. The Kier molecular flexibility index (Phi) is 5.37. The maximum absolute atomic E-state index is 12.8. The minimum atomic E-state index is -3.50. The van der Waals surface area contributed by atoms with Gasteiger partial charge in [0.2, 0.25) is 10.0 Å². The lowest BCUT2D eigenvalue weighted by Gasteiger charge is -2.31. The second-order valence-electron chi connectivity index (χ2n) is 6.69. The average Bonchev–Trinajstić information content (AvgIpc) is 3.45. The average molecular weight is 351 g/mol. The standard InChI is InChI=1S/C18H25NO4S/c1-2-23-13-14-4-3-11-19(12-14)24(21,22)17-9-7-16(8-10-17)18(20)15-5-6-15/h7-10,14-15H,2-6,11-13H2,1H3. The molecular weight excluding hydrogens is 326 g/mol. The summed E-state index contributed by atoms with van der Waals surface area (Å²) in [5, 5.41) is 0. The third-order valence-corrected chi connectivity index (χ3v) is 6.64. The van der Waals surface area contributed by atoms with Crippen molar-refractivity contribution in [3.05, 3.63) is 29.8 Å². The molecule has 1 heterocycles. The van der Waals surface area contributed by atoms with E-state index in [1.807, 2.05) is 6.92 Å². The number of piperidine rings is 1. The first-order chi connectivity index (χ1) is 11.5. The van der Waals surface area contributed by atoms with E-state index in [2.05, 4.69) is 0 Å². The van der Waals surface area contributed by atoms with E-state index >= 15 is 0 Å². The first-order valence-corrected chi connectivity index (χ1v) is 10.2. The van der Waals surface area contributed by atoms with Gasteiger partial charge in [-0.3, -0.25) is 4.79 Å². The van der Waals surface area contributed by atoms with Crippen LogP contribution in [0.1, 0.15) is 43.0 Å². The van der Waals surface area contributed by atoms with E-state index in [0.29, 0.717) is 31.9 Å². The van der Waals surface area contributed by atoms with E-state index in [9.17, 15) is 13.2 Å². The molecule has 3 rings (SSSR count). The highest BCUT2D eigenvalue weighted by atomic mass is 32.2. The molecule has 1 saturated heterocycles. The number of sulfonamides is 1. The number of rotatable bonds is 7. The lowest BCUT2D eigenvalue weighted by molar-refractivity contribution is 0.0864. The molecular formula is C18H25NO4S. The minimum absolute atomic E-state index is 0.133. The zero-order valence-electron chi connectivity index (χ0n) is 14.1. The van der Waals surface area contributed by atoms with Crippen molar-refractivity contribution in [2.75, 3.05) is 26.3 Å². The molecule has 0 N–H and O–H groups in total. The quantitative estimate of drug-likeness (QED) is 0.709. The highest BCUT2D eigenvalue weighted by Crippen LogP contribution is 2.33. The molecule has 1 aliphatic carbocycles. The second kappa shape index (κ2) is 7.33. The van der Waals surface area contributed by atoms with Gasteiger partial charge in [-0.05, 0) is 50.7 Å². The first-order valence-electron chi connectivity index (χ1n) is 8.74. The summed E-state index contributed by atoms with van der Waals surface area (Å²) < 4.78 is 32.7. The SMILES string of the molecule is CCOCC1CCCN(S(=O)(=O)c2ccc(C(=O)C3CC3)cc2)C1. The van der Waals surface area contributed by atoms with Crippen molar-refractivity contribution in [3.63, 3.8) is 0 Å². The largest absolute Gasteiger partial charge is 0.381 e. The van der Waals surface area contributed by atoms with Crippen molar-refractivity contribution in [3.8, 4) is 0 Å². The highest BCUT2D eigenvalue weighted by molar-refractivity contribution is 7.89.